The summed E-state index contributed by atoms with van der Waals surface area (Å²) in [4.78, 5) is 0. The minimum Gasteiger partial charge on any atom is -0.393 e. The molecule has 0 heterocycles. The lowest BCUT2D eigenvalue weighted by Crippen LogP contribution is -2.50. The molecule has 138 valence electrons. The minimum atomic E-state index is -0.284. The van der Waals surface area contributed by atoms with Crippen molar-refractivity contribution in [1.82, 2.24) is 0 Å². The van der Waals surface area contributed by atoms with Crippen LogP contribution >= 0.6 is 0 Å². The molecule has 0 aliphatic heterocycles. The van der Waals surface area contributed by atoms with Crippen molar-refractivity contribution < 1.29 is 5.11 Å². The van der Waals surface area contributed by atoms with E-state index >= 15 is 0 Å². The lowest BCUT2D eigenvalue weighted by molar-refractivity contribution is -0.0522. The second-order valence-corrected chi connectivity index (χ2v) is 10.4. The van der Waals surface area contributed by atoms with Crippen molar-refractivity contribution in [2.24, 2.45) is 46.3 Å². The van der Waals surface area contributed by atoms with Gasteiger partial charge in [-0.25, -0.2) is 0 Å². The summed E-state index contributed by atoms with van der Waals surface area (Å²) in [5.41, 5.74) is 2.30. The molecular formula is C23H35NO. The standard InChI is InChI=1S/C23H35NO/c1-14-7-9-22(3)16(11-14)5-6-17-18(22)8-10-23(4)19(17)12-20(25)21(23)15(2)13-24/h5,14-15,17-21,25H,6-12H2,1-4H3/t14-,15?,17?,18?,19?,20+,21-,22-,23-/m0/s1. The molecule has 0 aromatic heterocycles. The van der Waals surface area contributed by atoms with E-state index in [0.29, 0.717) is 17.3 Å². The SMILES string of the molecule is CC(C#N)[C@H]1[C@H](O)CC2C3CC=C4C[C@@H](C)CC[C@]4(C)C3CC[C@@]21C. The van der Waals surface area contributed by atoms with Crippen LogP contribution in [0, 0.1) is 57.7 Å². The number of hydrogen-bond acceptors (Lipinski definition) is 2. The maximum Gasteiger partial charge on any atom is 0.0657 e. The van der Waals surface area contributed by atoms with Gasteiger partial charge in [-0.2, -0.15) is 5.26 Å². The van der Waals surface area contributed by atoms with E-state index in [0.717, 1.165) is 18.3 Å². The second kappa shape index (κ2) is 5.85. The second-order valence-electron chi connectivity index (χ2n) is 10.4. The molecule has 0 amide bonds. The highest BCUT2D eigenvalue weighted by atomic mass is 16.3. The van der Waals surface area contributed by atoms with E-state index in [1.54, 1.807) is 5.57 Å². The summed E-state index contributed by atoms with van der Waals surface area (Å²) in [5, 5.41) is 20.3. The summed E-state index contributed by atoms with van der Waals surface area (Å²) in [6.07, 6.45) is 11.0. The summed E-state index contributed by atoms with van der Waals surface area (Å²) >= 11 is 0. The molecule has 2 heteroatoms. The van der Waals surface area contributed by atoms with Crippen LogP contribution in [0.15, 0.2) is 11.6 Å². The molecule has 0 spiro atoms. The molecule has 9 atom stereocenters. The Morgan fingerprint density at radius 2 is 2.00 bits per heavy atom. The first kappa shape index (κ1) is 17.6. The van der Waals surface area contributed by atoms with Crippen LogP contribution in [0.4, 0.5) is 0 Å². The van der Waals surface area contributed by atoms with Gasteiger partial charge in [-0.05, 0) is 86.4 Å². The van der Waals surface area contributed by atoms with E-state index in [1.807, 2.05) is 6.92 Å². The maximum absolute atomic E-state index is 10.8. The van der Waals surface area contributed by atoms with Gasteiger partial charge in [0.2, 0.25) is 0 Å². The topological polar surface area (TPSA) is 44.0 Å². The molecule has 4 rings (SSSR count). The molecule has 0 bridgehead atoms. The van der Waals surface area contributed by atoms with Gasteiger partial charge in [0.05, 0.1) is 12.2 Å². The Morgan fingerprint density at radius 1 is 1.24 bits per heavy atom. The Balaban J connectivity index is 1.67. The predicted octanol–water partition coefficient (Wildman–Crippen LogP) is 5.33. The first-order valence-electron chi connectivity index (χ1n) is 10.6. The van der Waals surface area contributed by atoms with Crippen LogP contribution in [0.5, 0.6) is 0 Å². The minimum absolute atomic E-state index is 0.0395. The van der Waals surface area contributed by atoms with E-state index in [4.69, 9.17) is 0 Å². The molecule has 3 fully saturated rings. The molecule has 1 N–H and O–H groups in total. The van der Waals surface area contributed by atoms with Gasteiger partial charge in [-0.1, -0.05) is 32.4 Å². The van der Waals surface area contributed by atoms with Crippen molar-refractivity contribution >= 4 is 0 Å². The number of allylic oxidation sites excluding steroid dienone is 2. The fourth-order valence-electron chi connectivity index (χ4n) is 7.88. The molecule has 25 heavy (non-hydrogen) atoms. The highest BCUT2D eigenvalue weighted by Crippen LogP contribution is 2.67. The molecular weight excluding hydrogens is 306 g/mol. The van der Waals surface area contributed by atoms with Crippen LogP contribution in [0.3, 0.4) is 0 Å². The molecule has 4 aliphatic rings. The van der Waals surface area contributed by atoms with E-state index in [9.17, 15) is 10.4 Å². The van der Waals surface area contributed by atoms with Crippen LogP contribution in [0.2, 0.25) is 0 Å². The lowest BCUT2D eigenvalue weighted by atomic mass is 9.46. The summed E-state index contributed by atoms with van der Waals surface area (Å²) in [7, 11) is 0. The van der Waals surface area contributed by atoms with E-state index in [2.05, 4.69) is 32.9 Å². The Kier molecular flexibility index (Phi) is 4.12. The quantitative estimate of drug-likeness (QED) is 0.655. The van der Waals surface area contributed by atoms with Gasteiger partial charge in [-0.3, -0.25) is 0 Å². The number of hydrogen-bond donors (Lipinski definition) is 1. The average molecular weight is 342 g/mol. The molecule has 4 aliphatic carbocycles. The normalized spacial score (nSPS) is 53.0. The number of fused-ring (bicyclic) bond motifs is 5. The van der Waals surface area contributed by atoms with Crippen molar-refractivity contribution in [1.29, 1.82) is 5.26 Å². The third kappa shape index (κ3) is 2.38. The van der Waals surface area contributed by atoms with Crippen LogP contribution < -0.4 is 0 Å². The number of aliphatic hydroxyl groups excluding tert-OH is 1. The maximum atomic E-state index is 10.8. The third-order valence-electron chi connectivity index (χ3n) is 9.20. The van der Waals surface area contributed by atoms with Gasteiger partial charge in [0.1, 0.15) is 0 Å². The first-order valence-corrected chi connectivity index (χ1v) is 10.6. The van der Waals surface area contributed by atoms with Gasteiger partial charge < -0.3 is 5.11 Å². The predicted molar refractivity (Wildman–Crippen MR) is 101 cm³/mol. The fraction of sp³-hybridized carbons (Fsp3) is 0.870. The van der Waals surface area contributed by atoms with Crippen LogP contribution in [-0.4, -0.2) is 11.2 Å². The smallest absolute Gasteiger partial charge is 0.0657 e. The van der Waals surface area contributed by atoms with Crippen molar-refractivity contribution in [3.05, 3.63) is 11.6 Å². The van der Waals surface area contributed by atoms with Gasteiger partial charge in [0.25, 0.3) is 0 Å². The summed E-state index contributed by atoms with van der Waals surface area (Å²) < 4.78 is 0. The average Bonchev–Trinajstić information content (AvgIpc) is 2.85. The zero-order valence-electron chi connectivity index (χ0n) is 16.5. The highest BCUT2D eigenvalue weighted by molar-refractivity contribution is 5.25. The molecule has 0 aromatic rings. The molecule has 4 unspecified atom stereocenters. The highest BCUT2D eigenvalue weighted by Gasteiger charge is 2.61. The van der Waals surface area contributed by atoms with Crippen molar-refractivity contribution in [2.75, 3.05) is 0 Å². The van der Waals surface area contributed by atoms with E-state index in [-0.39, 0.29) is 23.4 Å². The van der Waals surface area contributed by atoms with E-state index < -0.39 is 0 Å². The van der Waals surface area contributed by atoms with Gasteiger partial charge >= 0.3 is 0 Å². The van der Waals surface area contributed by atoms with Crippen molar-refractivity contribution in [2.45, 2.75) is 78.7 Å². The molecule has 0 radical (unpaired) electrons. The number of aliphatic hydroxyl groups is 1. The molecule has 2 nitrogen and oxygen atoms in total. The van der Waals surface area contributed by atoms with Crippen molar-refractivity contribution in [3.8, 4) is 6.07 Å². The van der Waals surface area contributed by atoms with Crippen LogP contribution in [0.1, 0.15) is 72.6 Å². The lowest BCUT2D eigenvalue weighted by Gasteiger charge is -2.58. The van der Waals surface area contributed by atoms with Crippen molar-refractivity contribution in [3.63, 3.8) is 0 Å². The largest absolute Gasteiger partial charge is 0.393 e. The molecule has 3 saturated carbocycles. The van der Waals surface area contributed by atoms with E-state index in [1.165, 1.54) is 38.5 Å². The van der Waals surface area contributed by atoms with Gasteiger partial charge in [-0.15, -0.1) is 0 Å². The summed E-state index contributed by atoms with van der Waals surface area (Å²) in [5.74, 6) is 3.07. The zero-order valence-corrected chi connectivity index (χ0v) is 16.5. The number of nitriles is 1. The number of nitrogens with zero attached hydrogens (tertiary/aromatic N) is 1. The van der Waals surface area contributed by atoms with Gasteiger partial charge in [0, 0.05) is 11.8 Å². The first-order chi connectivity index (χ1) is 11.8. The summed E-state index contributed by atoms with van der Waals surface area (Å²) in [6, 6.07) is 2.45. The Morgan fingerprint density at radius 3 is 2.72 bits per heavy atom. The Hall–Kier alpha value is -0.810. The van der Waals surface area contributed by atoms with Crippen LogP contribution in [0.25, 0.3) is 0 Å². The number of rotatable bonds is 1. The zero-order chi connectivity index (χ0) is 18.0. The summed E-state index contributed by atoms with van der Waals surface area (Å²) in [6.45, 7) is 9.38. The van der Waals surface area contributed by atoms with Crippen LogP contribution in [-0.2, 0) is 0 Å². The third-order valence-corrected chi connectivity index (χ3v) is 9.20. The Labute approximate surface area is 153 Å². The Bertz CT molecular complexity index is 618. The monoisotopic (exact) mass is 341 g/mol. The fourth-order valence-corrected chi connectivity index (χ4v) is 7.88. The van der Waals surface area contributed by atoms with Gasteiger partial charge in [0.15, 0.2) is 0 Å². The molecule has 0 aromatic carbocycles. The molecule has 0 saturated heterocycles.